The number of rotatable bonds is 7. The minimum atomic E-state index is -1.53. The predicted molar refractivity (Wildman–Crippen MR) is 170 cm³/mol. The minimum absolute atomic E-state index is 0.0624. The third kappa shape index (κ3) is 5.68. The highest BCUT2D eigenvalue weighted by atomic mass is 16.7. The van der Waals surface area contributed by atoms with Gasteiger partial charge in [-0.3, -0.25) is 0 Å². The van der Waals surface area contributed by atoms with E-state index in [1.54, 1.807) is 0 Å². The van der Waals surface area contributed by atoms with Crippen molar-refractivity contribution >= 4 is 0 Å². The highest BCUT2D eigenvalue weighted by Crippen LogP contribution is 2.76. The number of fused-ring (bicyclic) bond motifs is 5. The minimum Gasteiger partial charge on any atom is -0.394 e. The van der Waals surface area contributed by atoms with Gasteiger partial charge in [0.05, 0.1) is 30.5 Å². The maximum atomic E-state index is 12.1. The lowest BCUT2D eigenvalue weighted by Crippen LogP contribution is -2.70. The summed E-state index contributed by atoms with van der Waals surface area (Å²) in [5.41, 5.74) is -0.729. The summed E-state index contributed by atoms with van der Waals surface area (Å²) in [7, 11) is 0. The topological polar surface area (TPSA) is 160 Å². The quantitative estimate of drug-likeness (QED) is 0.164. The van der Waals surface area contributed by atoms with Gasteiger partial charge in [0.25, 0.3) is 0 Å². The molecule has 4 aliphatic carbocycles. The Hall–Kier alpha value is -0.620. The second kappa shape index (κ2) is 12.1. The molecule has 0 radical (unpaired) electrons. The molecule has 7 N–H and O–H groups in total. The highest BCUT2D eigenvalue weighted by Gasteiger charge is 2.72. The Bertz CT molecular complexity index is 1100. The van der Waals surface area contributed by atoms with E-state index in [0.717, 1.165) is 25.7 Å². The van der Waals surface area contributed by atoms with Crippen molar-refractivity contribution in [2.75, 3.05) is 6.61 Å². The van der Waals surface area contributed by atoms with Crippen molar-refractivity contribution < 1.29 is 45.2 Å². The number of aliphatic hydroxyl groups is 7. The van der Waals surface area contributed by atoms with Crippen LogP contribution in [0.4, 0.5) is 0 Å². The van der Waals surface area contributed by atoms with Crippen LogP contribution in [0.3, 0.4) is 0 Å². The summed E-state index contributed by atoms with van der Waals surface area (Å²) < 4.78 is 12.6. The van der Waals surface area contributed by atoms with Crippen LogP contribution < -0.4 is 0 Å². The second-order valence-electron chi connectivity index (χ2n) is 17.6. The van der Waals surface area contributed by atoms with Gasteiger partial charge in [-0.1, -0.05) is 46.3 Å². The largest absolute Gasteiger partial charge is 0.394 e. The summed E-state index contributed by atoms with van der Waals surface area (Å²) in [6.07, 6.45) is 0.140. The lowest BCUT2D eigenvalue weighted by molar-refractivity contribution is -0.346. The fraction of sp³-hybridized carbons (Fsp3) is 0.944. The van der Waals surface area contributed by atoms with E-state index in [1.807, 2.05) is 13.8 Å². The fourth-order valence-corrected chi connectivity index (χ4v) is 11.7. The van der Waals surface area contributed by atoms with Gasteiger partial charge in [0, 0.05) is 0 Å². The number of aliphatic hydroxyl groups excluding tert-OH is 6. The van der Waals surface area contributed by atoms with E-state index in [9.17, 15) is 35.7 Å². The predicted octanol–water partition coefficient (Wildman–Crippen LogP) is 3.30. The Kier molecular flexibility index (Phi) is 9.56. The summed E-state index contributed by atoms with van der Waals surface area (Å²) in [5, 5.41) is 75.5. The van der Waals surface area contributed by atoms with Gasteiger partial charge in [-0.2, -0.15) is 0 Å². The summed E-state index contributed by atoms with van der Waals surface area (Å²) in [6, 6.07) is 0. The zero-order chi connectivity index (χ0) is 33.5. The number of hydrogen-bond acceptors (Lipinski definition) is 9. The van der Waals surface area contributed by atoms with Crippen molar-refractivity contribution in [3.8, 4) is 0 Å². The van der Waals surface area contributed by atoms with E-state index >= 15 is 0 Å². The first-order chi connectivity index (χ1) is 20.7. The molecule has 260 valence electrons. The van der Waals surface area contributed by atoms with Gasteiger partial charge >= 0.3 is 0 Å². The lowest BCUT2D eigenvalue weighted by Gasteiger charge is -2.72. The fourth-order valence-electron chi connectivity index (χ4n) is 11.7. The van der Waals surface area contributed by atoms with Gasteiger partial charge in [0.15, 0.2) is 6.29 Å². The molecule has 0 aromatic carbocycles. The zero-order valence-corrected chi connectivity index (χ0v) is 28.8. The smallest absolute Gasteiger partial charge is 0.186 e. The van der Waals surface area contributed by atoms with E-state index < -0.39 is 66.6 Å². The van der Waals surface area contributed by atoms with Crippen LogP contribution in [0.2, 0.25) is 0 Å². The first kappa shape index (κ1) is 35.7. The van der Waals surface area contributed by atoms with Crippen molar-refractivity contribution in [2.24, 2.45) is 45.3 Å². The molecule has 0 unspecified atom stereocenters. The van der Waals surface area contributed by atoms with E-state index in [1.165, 1.54) is 5.57 Å². The molecule has 9 heteroatoms. The molecular formula is C36H62O9. The van der Waals surface area contributed by atoms with Gasteiger partial charge in [-0.05, 0) is 117 Å². The van der Waals surface area contributed by atoms with Gasteiger partial charge in [0.2, 0.25) is 0 Å². The molecule has 5 aliphatic rings. The summed E-state index contributed by atoms with van der Waals surface area (Å²) in [5.74, 6) is 0.343. The SMILES string of the molecule is C/C(=C/CCC(C)(C)O)[C@H]1CC[C@]2(C)[C@@H]1[C@H](O)C[C@@H]1[C@@]3(C)CC[C@H](O)C(C)(C)[C@@H]3[C@@H](O[C@@H]3O[C@H](CO)[C@@H](O)[C@H](O)[C@H]3O)C[C@]12C. The van der Waals surface area contributed by atoms with E-state index in [4.69, 9.17) is 9.47 Å². The van der Waals surface area contributed by atoms with Gasteiger partial charge in [-0.25, -0.2) is 0 Å². The number of ether oxygens (including phenoxy) is 2. The lowest BCUT2D eigenvalue weighted by atomic mass is 9.34. The van der Waals surface area contributed by atoms with Crippen LogP contribution in [-0.4, -0.2) is 97.0 Å². The summed E-state index contributed by atoms with van der Waals surface area (Å²) >= 11 is 0. The molecule has 5 fully saturated rings. The number of allylic oxidation sites excluding steroid dienone is 2. The Morgan fingerprint density at radius 1 is 0.933 bits per heavy atom. The van der Waals surface area contributed by atoms with Gasteiger partial charge < -0.3 is 45.2 Å². The molecule has 15 atom stereocenters. The first-order valence-electron chi connectivity index (χ1n) is 17.4. The van der Waals surface area contributed by atoms with Crippen LogP contribution >= 0.6 is 0 Å². The Labute approximate surface area is 270 Å². The standard InChI is InChI=1S/C36H62O9/c1-19(10-9-13-32(2,3)43)20-11-15-35(7)26(20)21(38)16-24-34(6)14-12-25(39)33(4,5)30(34)22(17-36(24,35)8)44-31-29(42)28(41)27(40)23(18-37)45-31/h10,20-31,37-43H,9,11-18H2,1-8H3/b19-10-/t20-,21-,22+,23-,24-,25+,26+,27-,28+,29-,30+,31-,34-,35-,36-/m1/s1. The molecule has 1 aliphatic heterocycles. The van der Waals surface area contributed by atoms with Crippen molar-refractivity contribution in [2.45, 2.75) is 161 Å². The van der Waals surface area contributed by atoms with Crippen molar-refractivity contribution in [1.82, 2.24) is 0 Å². The zero-order valence-electron chi connectivity index (χ0n) is 28.8. The van der Waals surface area contributed by atoms with Crippen LogP contribution in [0.1, 0.15) is 107 Å². The molecule has 4 saturated carbocycles. The molecule has 0 amide bonds. The molecule has 0 aromatic rings. The average Bonchev–Trinajstić information content (AvgIpc) is 3.32. The highest BCUT2D eigenvalue weighted by molar-refractivity contribution is 5.24. The summed E-state index contributed by atoms with van der Waals surface area (Å²) in [6.45, 7) is 16.5. The molecule has 1 saturated heterocycles. The molecule has 1 heterocycles. The Morgan fingerprint density at radius 2 is 1.60 bits per heavy atom. The third-order valence-electron chi connectivity index (χ3n) is 14.2. The molecular weight excluding hydrogens is 576 g/mol. The maximum Gasteiger partial charge on any atom is 0.186 e. The number of hydrogen-bond donors (Lipinski definition) is 7. The van der Waals surface area contributed by atoms with Crippen LogP contribution in [0, 0.1) is 45.3 Å². The molecule has 9 nitrogen and oxygen atoms in total. The molecule has 5 rings (SSSR count). The van der Waals surface area contributed by atoms with Gasteiger partial charge in [0.1, 0.15) is 24.4 Å². The Balaban J connectivity index is 1.52. The van der Waals surface area contributed by atoms with E-state index in [0.29, 0.717) is 25.7 Å². The molecule has 0 spiro atoms. The van der Waals surface area contributed by atoms with Crippen LogP contribution in [-0.2, 0) is 9.47 Å². The van der Waals surface area contributed by atoms with E-state index in [-0.39, 0.29) is 39.9 Å². The van der Waals surface area contributed by atoms with Crippen molar-refractivity contribution in [3.63, 3.8) is 0 Å². The monoisotopic (exact) mass is 638 g/mol. The van der Waals surface area contributed by atoms with Gasteiger partial charge in [-0.15, -0.1) is 0 Å². The molecule has 0 aromatic heterocycles. The average molecular weight is 639 g/mol. The van der Waals surface area contributed by atoms with Crippen LogP contribution in [0.15, 0.2) is 11.6 Å². The third-order valence-corrected chi connectivity index (χ3v) is 14.2. The normalized spacial score (nSPS) is 51.8. The summed E-state index contributed by atoms with van der Waals surface area (Å²) in [4.78, 5) is 0. The first-order valence-corrected chi connectivity index (χ1v) is 17.4. The van der Waals surface area contributed by atoms with E-state index in [2.05, 4.69) is 47.6 Å². The molecule has 0 bridgehead atoms. The Morgan fingerprint density at radius 3 is 2.22 bits per heavy atom. The van der Waals surface area contributed by atoms with Crippen molar-refractivity contribution in [3.05, 3.63) is 11.6 Å². The van der Waals surface area contributed by atoms with Crippen LogP contribution in [0.5, 0.6) is 0 Å². The maximum absolute atomic E-state index is 12.1. The second-order valence-corrected chi connectivity index (χ2v) is 17.6. The van der Waals surface area contributed by atoms with Crippen molar-refractivity contribution in [1.29, 1.82) is 0 Å². The van der Waals surface area contributed by atoms with Crippen LogP contribution in [0.25, 0.3) is 0 Å². The molecule has 45 heavy (non-hydrogen) atoms.